The number of hydrogen-bond acceptors (Lipinski definition) is 5. The molecule has 0 aromatic carbocycles. The lowest BCUT2D eigenvalue weighted by Crippen LogP contribution is -2.02. The molecule has 1 aromatic rings. The van der Waals surface area contributed by atoms with Crippen LogP contribution in [-0.2, 0) is 6.42 Å². The summed E-state index contributed by atoms with van der Waals surface area (Å²) in [6.45, 7) is 1.64. The van der Waals surface area contributed by atoms with Crippen LogP contribution in [0.3, 0.4) is 0 Å². The molecule has 0 bridgehead atoms. The Morgan fingerprint density at radius 2 is 2.57 bits per heavy atom. The molecule has 4 nitrogen and oxygen atoms in total. The SMILES string of the molecule is CC(O)c1noc(CC2CCCS2)n1. The van der Waals surface area contributed by atoms with Crippen LogP contribution in [0.15, 0.2) is 4.52 Å². The highest BCUT2D eigenvalue weighted by Crippen LogP contribution is 2.28. The van der Waals surface area contributed by atoms with Gasteiger partial charge in [-0.25, -0.2) is 0 Å². The highest BCUT2D eigenvalue weighted by molar-refractivity contribution is 8.00. The third kappa shape index (κ3) is 2.27. The summed E-state index contributed by atoms with van der Waals surface area (Å²) in [7, 11) is 0. The normalized spacial score (nSPS) is 24.0. The van der Waals surface area contributed by atoms with Crippen LogP contribution in [0.2, 0.25) is 0 Å². The molecule has 0 radical (unpaired) electrons. The highest BCUT2D eigenvalue weighted by Gasteiger charge is 2.20. The molecule has 2 rings (SSSR count). The summed E-state index contributed by atoms with van der Waals surface area (Å²) in [6.07, 6.45) is 2.72. The van der Waals surface area contributed by atoms with Crippen molar-refractivity contribution < 1.29 is 9.63 Å². The standard InChI is InChI=1S/C9H14N2O2S/c1-6(12)9-10-8(13-11-9)5-7-3-2-4-14-7/h6-7,12H,2-5H2,1H3. The number of aromatic nitrogens is 2. The van der Waals surface area contributed by atoms with E-state index in [9.17, 15) is 5.11 Å². The maximum absolute atomic E-state index is 9.21. The van der Waals surface area contributed by atoms with Crippen LogP contribution in [0.4, 0.5) is 0 Å². The van der Waals surface area contributed by atoms with Gasteiger partial charge in [-0.3, -0.25) is 0 Å². The molecule has 5 heteroatoms. The third-order valence-electron chi connectivity index (χ3n) is 2.28. The Hall–Kier alpha value is -0.550. The first-order chi connectivity index (χ1) is 6.75. The van der Waals surface area contributed by atoms with Crippen molar-refractivity contribution in [1.29, 1.82) is 0 Å². The maximum Gasteiger partial charge on any atom is 0.227 e. The van der Waals surface area contributed by atoms with Crippen molar-refractivity contribution in [2.45, 2.75) is 37.5 Å². The fourth-order valence-corrected chi connectivity index (χ4v) is 2.78. The second kappa shape index (κ2) is 4.31. The van der Waals surface area contributed by atoms with Gasteiger partial charge in [-0.15, -0.1) is 0 Å². The van der Waals surface area contributed by atoms with Crippen LogP contribution in [0.1, 0.15) is 37.6 Å². The van der Waals surface area contributed by atoms with Crippen molar-refractivity contribution in [3.63, 3.8) is 0 Å². The quantitative estimate of drug-likeness (QED) is 0.827. The summed E-state index contributed by atoms with van der Waals surface area (Å²) in [4.78, 5) is 4.13. The first kappa shape index (κ1) is 9.98. The number of aliphatic hydroxyl groups is 1. The lowest BCUT2D eigenvalue weighted by atomic mass is 10.2. The van der Waals surface area contributed by atoms with Crippen LogP contribution < -0.4 is 0 Å². The lowest BCUT2D eigenvalue weighted by molar-refractivity contribution is 0.184. The summed E-state index contributed by atoms with van der Waals surface area (Å²) in [5.41, 5.74) is 0. The maximum atomic E-state index is 9.21. The number of nitrogens with zero attached hydrogens (tertiary/aromatic N) is 2. The van der Waals surface area contributed by atoms with E-state index in [1.807, 2.05) is 11.8 Å². The Kier molecular flexibility index (Phi) is 3.08. The van der Waals surface area contributed by atoms with E-state index in [4.69, 9.17) is 4.52 Å². The van der Waals surface area contributed by atoms with Gasteiger partial charge in [0.1, 0.15) is 6.10 Å². The minimum Gasteiger partial charge on any atom is -0.385 e. The van der Waals surface area contributed by atoms with Crippen LogP contribution in [0.5, 0.6) is 0 Å². The molecule has 1 aromatic heterocycles. The molecular formula is C9H14N2O2S. The molecule has 14 heavy (non-hydrogen) atoms. The van der Waals surface area contributed by atoms with E-state index in [-0.39, 0.29) is 0 Å². The van der Waals surface area contributed by atoms with E-state index < -0.39 is 6.10 Å². The Morgan fingerprint density at radius 1 is 1.71 bits per heavy atom. The minimum atomic E-state index is -0.635. The number of rotatable bonds is 3. The molecule has 1 aliphatic rings. The molecule has 2 unspecified atom stereocenters. The first-order valence-electron chi connectivity index (χ1n) is 4.88. The summed E-state index contributed by atoms with van der Waals surface area (Å²) < 4.78 is 5.05. The van der Waals surface area contributed by atoms with Gasteiger partial charge in [0.05, 0.1) is 0 Å². The Morgan fingerprint density at radius 3 is 3.14 bits per heavy atom. The van der Waals surface area contributed by atoms with E-state index in [1.54, 1.807) is 6.92 Å². The smallest absolute Gasteiger partial charge is 0.227 e. The van der Waals surface area contributed by atoms with Crippen LogP contribution >= 0.6 is 11.8 Å². The molecule has 0 aliphatic carbocycles. The number of aliphatic hydroxyl groups excluding tert-OH is 1. The summed E-state index contributed by atoms with van der Waals surface area (Å²) in [6, 6.07) is 0. The topological polar surface area (TPSA) is 59.2 Å². The van der Waals surface area contributed by atoms with E-state index in [0.717, 1.165) is 6.42 Å². The van der Waals surface area contributed by atoms with Gasteiger partial charge in [-0.05, 0) is 25.5 Å². The third-order valence-corrected chi connectivity index (χ3v) is 3.68. The summed E-state index contributed by atoms with van der Waals surface area (Å²) >= 11 is 1.96. The fraction of sp³-hybridized carbons (Fsp3) is 0.778. The van der Waals surface area contributed by atoms with Crippen LogP contribution in [0, 0.1) is 0 Å². The largest absolute Gasteiger partial charge is 0.385 e. The number of thioether (sulfide) groups is 1. The van der Waals surface area contributed by atoms with Crippen molar-refractivity contribution in [2.24, 2.45) is 0 Å². The Labute approximate surface area is 87.1 Å². The Balaban J connectivity index is 1.95. The highest BCUT2D eigenvalue weighted by atomic mass is 32.2. The lowest BCUT2D eigenvalue weighted by Gasteiger charge is -2.02. The molecule has 0 spiro atoms. The average molecular weight is 214 g/mol. The minimum absolute atomic E-state index is 0.392. The van der Waals surface area contributed by atoms with Gasteiger partial charge in [-0.1, -0.05) is 5.16 Å². The van der Waals surface area contributed by atoms with E-state index in [0.29, 0.717) is 17.0 Å². The predicted octanol–water partition coefficient (Wildman–Crippen LogP) is 1.56. The molecule has 1 N–H and O–H groups in total. The van der Waals surface area contributed by atoms with E-state index in [1.165, 1.54) is 18.6 Å². The van der Waals surface area contributed by atoms with Gasteiger partial charge in [-0.2, -0.15) is 16.7 Å². The van der Waals surface area contributed by atoms with Crippen LogP contribution in [-0.4, -0.2) is 26.2 Å². The van der Waals surface area contributed by atoms with Crippen molar-refractivity contribution in [2.75, 3.05) is 5.75 Å². The summed E-state index contributed by atoms with van der Waals surface area (Å²) in [5, 5.41) is 13.5. The van der Waals surface area contributed by atoms with Gasteiger partial charge in [0.2, 0.25) is 5.89 Å². The van der Waals surface area contributed by atoms with Gasteiger partial charge >= 0.3 is 0 Å². The van der Waals surface area contributed by atoms with Gasteiger partial charge in [0.25, 0.3) is 0 Å². The molecule has 2 atom stereocenters. The second-order valence-electron chi connectivity index (χ2n) is 3.56. The molecular weight excluding hydrogens is 200 g/mol. The predicted molar refractivity (Wildman–Crippen MR) is 54.1 cm³/mol. The molecule has 0 saturated carbocycles. The molecule has 2 heterocycles. The molecule has 1 saturated heterocycles. The van der Waals surface area contributed by atoms with Crippen molar-refractivity contribution in [3.05, 3.63) is 11.7 Å². The molecule has 1 fully saturated rings. The van der Waals surface area contributed by atoms with E-state index >= 15 is 0 Å². The average Bonchev–Trinajstić information content (AvgIpc) is 2.75. The molecule has 78 valence electrons. The first-order valence-corrected chi connectivity index (χ1v) is 5.92. The van der Waals surface area contributed by atoms with Crippen molar-refractivity contribution in [1.82, 2.24) is 10.1 Å². The monoisotopic (exact) mass is 214 g/mol. The zero-order chi connectivity index (χ0) is 9.97. The fourth-order valence-electron chi connectivity index (χ4n) is 1.52. The molecule has 1 aliphatic heterocycles. The van der Waals surface area contributed by atoms with E-state index in [2.05, 4.69) is 10.1 Å². The van der Waals surface area contributed by atoms with Gasteiger partial charge in [0, 0.05) is 11.7 Å². The zero-order valence-corrected chi connectivity index (χ0v) is 8.96. The second-order valence-corrected chi connectivity index (χ2v) is 4.97. The zero-order valence-electron chi connectivity index (χ0n) is 8.14. The van der Waals surface area contributed by atoms with Crippen LogP contribution in [0.25, 0.3) is 0 Å². The van der Waals surface area contributed by atoms with Gasteiger partial charge < -0.3 is 9.63 Å². The number of hydrogen-bond donors (Lipinski definition) is 1. The van der Waals surface area contributed by atoms with Crippen molar-refractivity contribution >= 4 is 11.8 Å². The summed E-state index contributed by atoms with van der Waals surface area (Å²) in [5.74, 6) is 2.28. The Bertz CT molecular complexity index is 295. The molecule has 0 amide bonds. The van der Waals surface area contributed by atoms with Crippen molar-refractivity contribution in [3.8, 4) is 0 Å². The van der Waals surface area contributed by atoms with Gasteiger partial charge in [0.15, 0.2) is 5.82 Å².